The van der Waals surface area contributed by atoms with E-state index in [9.17, 15) is 18.0 Å². The summed E-state index contributed by atoms with van der Waals surface area (Å²) in [6.45, 7) is 5.64. The maximum absolute atomic E-state index is 13.6. The lowest BCUT2D eigenvalue weighted by molar-refractivity contribution is -0.130. The Bertz CT molecular complexity index is 1620. The third-order valence-electron chi connectivity index (χ3n) is 8.93. The summed E-state index contributed by atoms with van der Waals surface area (Å²) in [4.78, 5) is 32.0. The van der Waals surface area contributed by atoms with Crippen LogP contribution in [-0.2, 0) is 21.4 Å². The number of benzene rings is 2. The first-order valence-electron chi connectivity index (χ1n) is 14.1. The van der Waals surface area contributed by atoms with Crippen molar-refractivity contribution in [2.45, 2.75) is 49.6 Å². The van der Waals surface area contributed by atoms with Gasteiger partial charge in [0.05, 0.1) is 4.90 Å². The molecule has 9 nitrogen and oxygen atoms in total. The van der Waals surface area contributed by atoms with Crippen LogP contribution in [0.1, 0.15) is 37.8 Å². The summed E-state index contributed by atoms with van der Waals surface area (Å²) in [5.74, 6) is 0.718. The van der Waals surface area contributed by atoms with E-state index in [0.717, 1.165) is 62.2 Å². The maximum Gasteiger partial charge on any atom is 0.275 e. The molecule has 212 valence electrons. The van der Waals surface area contributed by atoms with Crippen LogP contribution in [0.5, 0.6) is 0 Å². The first-order valence-corrected chi connectivity index (χ1v) is 15.6. The summed E-state index contributed by atoms with van der Waals surface area (Å²) in [5, 5.41) is 1.45. The molecule has 3 aromatic rings. The number of nitrogens with zero attached hydrogens (tertiary/aromatic N) is 4. The summed E-state index contributed by atoms with van der Waals surface area (Å²) >= 11 is 0. The van der Waals surface area contributed by atoms with E-state index in [0.29, 0.717) is 23.9 Å². The van der Waals surface area contributed by atoms with Gasteiger partial charge >= 0.3 is 0 Å². The number of carbonyl (C=O) groups excluding carboxylic acids is 1. The average molecular weight is 564 g/mol. The van der Waals surface area contributed by atoms with E-state index in [-0.39, 0.29) is 28.0 Å². The molecule has 2 aromatic carbocycles. The average Bonchev–Trinajstić information content (AvgIpc) is 2.94. The number of likely N-dealkylation sites (tertiary alicyclic amines) is 2. The van der Waals surface area contributed by atoms with Gasteiger partial charge in [-0.05, 0) is 49.4 Å². The summed E-state index contributed by atoms with van der Waals surface area (Å²) in [5.41, 5.74) is 1.70. The van der Waals surface area contributed by atoms with Crippen LogP contribution in [0.15, 0.2) is 58.2 Å². The molecule has 0 radical (unpaired) electrons. The molecule has 0 spiro atoms. The number of piperidine rings is 2. The first-order chi connectivity index (χ1) is 19.1. The van der Waals surface area contributed by atoms with Crippen molar-refractivity contribution in [3.8, 4) is 0 Å². The highest BCUT2D eigenvalue weighted by Crippen LogP contribution is 2.38. The van der Waals surface area contributed by atoms with E-state index in [1.807, 2.05) is 48.2 Å². The maximum atomic E-state index is 13.6. The zero-order chi connectivity index (χ0) is 28.2. The smallest absolute Gasteiger partial charge is 0.275 e. The van der Waals surface area contributed by atoms with Crippen molar-refractivity contribution in [1.82, 2.24) is 14.4 Å². The van der Waals surface area contributed by atoms with Gasteiger partial charge in [-0.1, -0.05) is 24.3 Å². The van der Waals surface area contributed by atoms with Gasteiger partial charge in [0, 0.05) is 87.9 Å². The molecule has 10 heteroatoms. The molecule has 2 bridgehead atoms. The fraction of sp³-hybridized carbons (Fsp3) is 0.467. The molecule has 1 amide bonds. The van der Waals surface area contributed by atoms with Gasteiger partial charge in [0.15, 0.2) is 0 Å². The molecule has 6 rings (SSSR count). The molecule has 3 aliphatic rings. The Morgan fingerprint density at radius 3 is 2.40 bits per heavy atom. The van der Waals surface area contributed by atoms with Crippen LogP contribution in [0.2, 0.25) is 0 Å². The second-order valence-corrected chi connectivity index (χ2v) is 13.4. The Labute approximate surface area is 235 Å². The minimum atomic E-state index is -4.00. The number of carbonyl (C=O) groups is 1. The number of sulfonamides is 1. The van der Waals surface area contributed by atoms with E-state index in [1.54, 1.807) is 35.8 Å². The molecule has 40 heavy (non-hydrogen) atoms. The van der Waals surface area contributed by atoms with Crippen molar-refractivity contribution < 1.29 is 13.2 Å². The third kappa shape index (κ3) is 4.77. The second kappa shape index (κ2) is 10.2. The molecule has 2 atom stereocenters. The lowest BCUT2D eigenvalue weighted by atomic mass is 9.82. The van der Waals surface area contributed by atoms with Crippen LogP contribution in [-0.4, -0.2) is 75.0 Å². The summed E-state index contributed by atoms with van der Waals surface area (Å²) in [6, 6.07) is 14.8. The lowest BCUT2D eigenvalue weighted by Crippen LogP contribution is -2.53. The lowest BCUT2D eigenvalue weighted by Gasteiger charge is -2.47. The van der Waals surface area contributed by atoms with Crippen LogP contribution in [0.25, 0.3) is 10.8 Å². The molecule has 1 N–H and O–H groups in total. The van der Waals surface area contributed by atoms with E-state index in [2.05, 4.69) is 9.62 Å². The molecular formula is C30H37N5O4S. The highest BCUT2D eigenvalue weighted by atomic mass is 32.2. The Balaban J connectivity index is 1.25. The number of pyridine rings is 1. The molecule has 0 unspecified atom stereocenters. The number of amides is 1. The van der Waals surface area contributed by atoms with Crippen LogP contribution < -0.4 is 15.2 Å². The molecule has 3 aliphatic heterocycles. The van der Waals surface area contributed by atoms with Gasteiger partial charge in [0.25, 0.3) is 15.6 Å². The van der Waals surface area contributed by atoms with Crippen molar-refractivity contribution in [3.63, 3.8) is 0 Å². The van der Waals surface area contributed by atoms with Crippen molar-refractivity contribution in [2.24, 2.45) is 5.92 Å². The molecule has 0 saturated carbocycles. The summed E-state index contributed by atoms with van der Waals surface area (Å²) < 4.78 is 31.6. The van der Waals surface area contributed by atoms with Gasteiger partial charge in [-0.15, -0.1) is 0 Å². The molecule has 1 aromatic heterocycles. The zero-order valence-corrected chi connectivity index (χ0v) is 24.2. The van der Waals surface area contributed by atoms with E-state index in [4.69, 9.17) is 0 Å². The Kier molecular flexibility index (Phi) is 6.86. The predicted octanol–water partition coefficient (Wildman–Crippen LogP) is 3.30. The van der Waals surface area contributed by atoms with Gasteiger partial charge in [-0.3, -0.25) is 19.2 Å². The summed E-state index contributed by atoms with van der Waals surface area (Å²) in [6.07, 6.45) is 3.00. The number of rotatable bonds is 5. The number of aromatic nitrogens is 1. The van der Waals surface area contributed by atoms with E-state index >= 15 is 0 Å². The number of fused-ring (bicyclic) bond motifs is 5. The number of hydrogen-bond donors (Lipinski definition) is 1. The van der Waals surface area contributed by atoms with Crippen molar-refractivity contribution >= 4 is 38.1 Å². The monoisotopic (exact) mass is 563 g/mol. The van der Waals surface area contributed by atoms with Crippen LogP contribution >= 0.6 is 0 Å². The van der Waals surface area contributed by atoms with Crippen LogP contribution in [0.3, 0.4) is 0 Å². The predicted molar refractivity (Wildman–Crippen MR) is 157 cm³/mol. The van der Waals surface area contributed by atoms with Gasteiger partial charge in [-0.2, -0.15) is 0 Å². The van der Waals surface area contributed by atoms with Crippen molar-refractivity contribution in [1.29, 1.82) is 0 Å². The van der Waals surface area contributed by atoms with Gasteiger partial charge in [-0.25, -0.2) is 8.42 Å². The summed E-state index contributed by atoms with van der Waals surface area (Å²) in [7, 11) is -0.153. The molecule has 2 saturated heterocycles. The Morgan fingerprint density at radius 2 is 1.68 bits per heavy atom. The van der Waals surface area contributed by atoms with Crippen LogP contribution in [0.4, 0.5) is 11.4 Å². The zero-order valence-electron chi connectivity index (χ0n) is 23.3. The molecule has 0 aliphatic carbocycles. The number of nitrogens with one attached hydrogen (secondary N) is 1. The quantitative estimate of drug-likeness (QED) is 0.512. The van der Waals surface area contributed by atoms with Crippen molar-refractivity contribution in [2.75, 3.05) is 49.9 Å². The molecule has 4 heterocycles. The SMILES string of the molecule is CC(=O)N1CCC(N2C[C@@H]3C[C@H](C2)c2ccc(NS(=O)(=O)c4cccc5c(N(C)C)cccc45)c(=O)n2C3)CC1. The van der Waals surface area contributed by atoms with Gasteiger partial charge in [0.2, 0.25) is 5.91 Å². The largest absolute Gasteiger partial charge is 0.377 e. The van der Waals surface area contributed by atoms with Crippen molar-refractivity contribution in [3.05, 3.63) is 64.6 Å². The highest BCUT2D eigenvalue weighted by Gasteiger charge is 2.38. The highest BCUT2D eigenvalue weighted by molar-refractivity contribution is 7.93. The Hall–Kier alpha value is -3.37. The minimum absolute atomic E-state index is 0.0814. The normalized spacial score (nSPS) is 21.7. The van der Waals surface area contributed by atoms with E-state index < -0.39 is 10.0 Å². The molecule has 2 fully saturated rings. The van der Waals surface area contributed by atoms with Crippen LogP contribution in [0, 0.1) is 5.92 Å². The first kappa shape index (κ1) is 26.8. The minimum Gasteiger partial charge on any atom is -0.377 e. The van der Waals surface area contributed by atoms with Gasteiger partial charge < -0.3 is 14.4 Å². The van der Waals surface area contributed by atoms with E-state index in [1.165, 1.54) is 0 Å². The second-order valence-electron chi connectivity index (χ2n) is 11.7. The Morgan fingerprint density at radius 1 is 0.950 bits per heavy atom. The third-order valence-corrected chi connectivity index (χ3v) is 10.4. The standard InChI is InChI=1S/C30H37N5O4S/c1-20(36)33-14-12-23(13-15-33)34-17-21-16-22(19-34)27-11-10-26(30(37)35(27)18-21)31-40(38,39)29-9-5-6-24-25(29)7-4-8-28(24)32(2)3/h4-11,21-23,31H,12-19H2,1-3H3/t21-,22+/m0/s1. The number of anilines is 2. The fourth-order valence-electron chi connectivity index (χ4n) is 6.99. The molecular weight excluding hydrogens is 526 g/mol. The fourth-order valence-corrected chi connectivity index (χ4v) is 8.27. The topological polar surface area (TPSA) is 95.0 Å². The number of hydrogen-bond acceptors (Lipinski definition) is 6. The van der Waals surface area contributed by atoms with Gasteiger partial charge in [0.1, 0.15) is 5.69 Å².